The molecule has 0 saturated carbocycles. The molecule has 4 rings (SSSR count). The number of hydrogen-bond acceptors (Lipinski definition) is 8. The smallest absolute Gasteiger partial charge is 0.338 e. The van der Waals surface area contributed by atoms with Gasteiger partial charge in [-0.2, -0.15) is 0 Å². The molecule has 0 atom stereocenters. The molecule has 2 heterocycles. The summed E-state index contributed by atoms with van der Waals surface area (Å²) in [4.78, 5) is 29.9. The van der Waals surface area contributed by atoms with Crippen molar-refractivity contribution in [2.45, 2.75) is 6.61 Å². The van der Waals surface area contributed by atoms with Gasteiger partial charge in [-0.3, -0.25) is 10.1 Å². The fraction of sp³-hybridized carbons (Fsp3) is 0.238. The largest absolute Gasteiger partial charge is 0.456 e. The van der Waals surface area contributed by atoms with E-state index >= 15 is 0 Å². The zero-order valence-electron chi connectivity index (χ0n) is 16.0. The Labute approximate surface area is 176 Å². The van der Waals surface area contributed by atoms with E-state index in [-0.39, 0.29) is 17.9 Å². The maximum atomic E-state index is 12.5. The number of nitro benzene ring substituents is 1. The van der Waals surface area contributed by atoms with Crippen molar-refractivity contribution >= 4 is 28.7 Å². The molecule has 3 aromatic rings. The zero-order valence-corrected chi connectivity index (χ0v) is 16.8. The normalized spacial score (nSPS) is 13.8. The summed E-state index contributed by atoms with van der Waals surface area (Å²) < 4.78 is 10.6. The third-order valence-electron chi connectivity index (χ3n) is 4.68. The number of carbonyl (C=O) groups excluding carboxylic acids is 1. The van der Waals surface area contributed by atoms with Crippen LogP contribution in [0.15, 0.2) is 53.9 Å². The van der Waals surface area contributed by atoms with Gasteiger partial charge in [-0.05, 0) is 12.1 Å². The van der Waals surface area contributed by atoms with Crippen LogP contribution in [0.3, 0.4) is 0 Å². The van der Waals surface area contributed by atoms with Crippen molar-refractivity contribution in [2.24, 2.45) is 0 Å². The van der Waals surface area contributed by atoms with Crippen LogP contribution in [-0.4, -0.2) is 42.2 Å². The van der Waals surface area contributed by atoms with E-state index in [2.05, 4.69) is 4.98 Å². The minimum absolute atomic E-state index is 0.00117. The number of ether oxygens (including phenoxy) is 2. The molecule has 2 aromatic carbocycles. The fourth-order valence-corrected chi connectivity index (χ4v) is 3.99. The standard InChI is InChI=1S/C21H19N3O5S/c25-21(29-13-17-14-30-20(22-17)15-4-2-1-3-5-15)16-6-7-18(19(12-16)24(26)27)23-8-10-28-11-9-23/h1-7,12,14H,8-11,13H2. The third kappa shape index (κ3) is 4.47. The van der Waals surface area contributed by atoms with E-state index in [1.54, 1.807) is 12.1 Å². The number of nitrogens with zero attached hydrogens (tertiary/aromatic N) is 3. The van der Waals surface area contributed by atoms with Crippen molar-refractivity contribution in [3.8, 4) is 10.6 Å². The van der Waals surface area contributed by atoms with Gasteiger partial charge in [0.2, 0.25) is 0 Å². The number of hydrogen-bond donors (Lipinski definition) is 0. The number of morpholine rings is 1. The molecule has 1 aromatic heterocycles. The minimum Gasteiger partial charge on any atom is -0.456 e. The first-order valence-electron chi connectivity index (χ1n) is 9.40. The van der Waals surface area contributed by atoms with Crippen molar-refractivity contribution in [3.63, 3.8) is 0 Å². The van der Waals surface area contributed by atoms with Gasteiger partial charge in [0.25, 0.3) is 5.69 Å². The molecule has 0 radical (unpaired) electrons. The molecule has 9 heteroatoms. The molecule has 0 unspecified atom stereocenters. The summed E-state index contributed by atoms with van der Waals surface area (Å²) in [5.41, 5.74) is 2.12. The van der Waals surface area contributed by atoms with Gasteiger partial charge in [-0.15, -0.1) is 11.3 Å². The lowest BCUT2D eigenvalue weighted by molar-refractivity contribution is -0.384. The Morgan fingerprint density at radius 3 is 2.70 bits per heavy atom. The van der Waals surface area contributed by atoms with Gasteiger partial charge in [0.1, 0.15) is 17.3 Å². The molecule has 0 bridgehead atoms. The van der Waals surface area contributed by atoms with Crippen LogP contribution in [0.5, 0.6) is 0 Å². The first kappa shape index (κ1) is 20.0. The Hall–Kier alpha value is -3.30. The van der Waals surface area contributed by atoms with Crippen molar-refractivity contribution in [2.75, 3.05) is 31.2 Å². The van der Waals surface area contributed by atoms with Gasteiger partial charge >= 0.3 is 5.97 Å². The van der Waals surface area contributed by atoms with Crippen LogP contribution in [0.4, 0.5) is 11.4 Å². The van der Waals surface area contributed by atoms with E-state index in [9.17, 15) is 14.9 Å². The monoisotopic (exact) mass is 425 g/mol. The van der Waals surface area contributed by atoms with E-state index in [0.29, 0.717) is 37.7 Å². The molecule has 154 valence electrons. The highest BCUT2D eigenvalue weighted by Gasteiger charge is 2.24. The Morgan fingerprint density at radius 1 is 1.20 bits per heavy atom. The first-order chi connectivity index (χ1) is 14.6. The topological polar surface area (TPSA) is 94.8 Å². The summed E-state index contributed by atoms with van der Waals surface area (Å²) >= 11 is 1.47. The number of anilines is 1. The maximum Gasteiger partial charge on any atom is 0.338 e. The number of benzene rings is 2. The minimum atomic E-state index is -0.624. The highest BCUT2D eigenvalue weighted by atomic mass is 32.1. The predicted octanol–water partition coefficient (Wildman–Crippen LogP) is 3.91. The van der Waals surface area contributed by atoms with Crippen molar-refractivity contribution in [1.82, 2.24) is 4.98 Å². The Kier molecular flexibility index (Phi) is 6.01. The number of carbonyl (C=O) groups is 1. The highest BCUT2D eigenvalue weighted by Crippen LogP contribution is 2.30. The summed E-state index contributed by atoms with van der Waals surface area (Å²) in [6.07, 6.45) is 0. The van der Waals surface area contributed by atoms with Gasteiger partial charge in [0, 0.05) is 30.1 Å². The second kappa shape index (κ2) is 9.02. The van der Waals surface area contributed by atoms with E-state index < -0.39 is 10.9 Å². The Bertz CT molecular complexity index is 1050. The lowest BCUT2D eigenvalue weighted by Crippen LogP contribution is -2.36. The molecule has 0 N–H and O–H groups in total. The van der Waals surface area contributed by atoms with Gasteiger partial charge in [-0.25, -0.2) is 9.78 Å². The Morgan fingerprint density at radius 2 is 1.97 bits per heavy atom. The molecule has 0 spiro atoms. The van der Waals surface area contributed by atoms with Crippen LogP contribution in [0.25, 0.3) is 10.6 Å². The second-order valence-corrected chi connectivity index (χ2v) is 7.50. The number of aromatic nitrogens is 1. The predicted molar refractivity (Wildman–Crippen MR) is 113 cm³/mol. The molecule has 0 aliphatic carbocycles. The number of thiazole rings is 1. The number of nitro groups is 1. The number of rotatable bonds is 6. The molecule has 1 saturated heterocycles. The maximum absolute atomic E-state index is 12.5. The van der Waals surface area contributed by atoms with Crippen molar-refractivity contribution < 1.29 is 19.2 Å². The number of esters is 1. The van der Waals surface area contributed by atoms with Gasteiger partial charge < -0.3 is 14.4 Å². The molecular formula is C21H19N3O5S. The summed E-state index contributed by atoms with van der Waals surface area (Å²) in [6, 6.07) is 14.1. The summed E-state index contributed by atoms with van der Waals surface area (Å²) in [5, 5.41) is 14.2. The molecule has 30 heavy (non-hydrogen) atoms. The second-order valence-electron chi connectivity index (χ2n) is 6.65. The average Bonchev–Trinajstić information content (AvgIpc) is 3.27. The highest BCUT2D eigenvalue weighted by molar-refractivity contribution is 7.13. The zero-order chi connectivity index (χ0) is 20.9. The van der Waals surface area contributed by atoms with E-state index in [4.69, 9.17) is 9.47 Å². The first-order valence-corrected chi connectivity index (χ1v) is 10.3. The van der Waals surface area contributed by atoms with E-state index in [1.807, 2.05) is 40.6 Å². The average molecular weight is 425 g/mol. The van der Waals surface area contributed by atoms with Crippen LogP contribution >= 0.6 is 11.3 Å². The van der Waals surface area contributed by atoms with Gasteiger partial charge in [0.05, 0.1) is 29.4 Å². The van der Waals surface area contributed by atoms with E-state index in [0.717, 1.165) is 10.6 Å². The van der Waals surface area contributed by atoms with E-state index in [1.165, 1.54) is 17.4 Å². The van der Waals surface area contributed by atoms with Crippen molar-refractivity contribution in [1.29, 1.82) is 0 Å². The van der Waals surface area contributed by atoms with Gasteiger partial charge in [0.15, 0.2) is 0 Å². The molecule has 1 fully saturated rings. The Balaban J connectivity index is 1.45. The van der Waals surface area contributed by atoms with Crippen LogP contribution < -0.4 is 4.90 Å². The molecule has 8 nitrogen and oxygen atoms in total. The van der Waals surface area contributed by atoms with Crippen molar-refractivity contribution in [3.05, 3.63) is 75.3 Å². The fourth-order valence-electron chi connectivity index (χ4n) is 3.18. The summed E-state index contributed by atoms with van der Waals surface area (Å²) in [7, 11) is 0. The van der Waals surface area contributed by atoms with Crippen LogP contribution in [0.1, 0.15) is 16.1 Å². The molecular weight excluding hydrogens is 406 g/mol. The lowest BCUT2D eigenvalue weighted by atomic mass is 10.1. The van der Waals surface area contributed by atoms with Crippen LogP contribution in [-0.2, 0) is 16.1 Å². The molecule has 1 aliphatic rings. The third-order valence-corrected chi connectivity index (χ3v) is 5.62. The molecule has 0 amide bonds. The lowest BCUT2D eigenvalue weighted by Gasteiger charge is -2.28. The molecule has 1 aliphatic heterocycles. The van der Waals surface area contributed by atoms with Gasteiger partial charge in [-0.1, -0.05) is 30.3 Å². The van der Waals surface area contributed by atoms with Crippen LogP contribution in [0, 0.1) is 10.1 Å². The quantitative estimate of drug-likeness (QED) is 0.336. The summed E-state index contributed by atoms with van der Waals surface area (Å²) in [6.45, 7) is 2.16. The van der Waals surface area contributed by atoms with Crippen LogP contribution in [0.2, 0.25) is 0 Å². The summed E-state index contributed by atoms with van der Waals surface area (Å²) in [5.74, 6) is -0.624. The SMILES string of the molecule is O=C(OCc1csc(-c2ccccc2)n1)c1ccc(N2CCOCC2)c([N+](=O)[O-])c1.